The number of anilines is 1. The average Bonchev–Trinajstić information content (AvgIpc) is 2.37. The first-order chi connectivity index (χ1) is 8.64. The first-order valence-corrected chi connectivity index (χ1v) is 6.32. The molecule has 1 atom stereocenters. The molecule has 3 rings (SSSR count). The third-order valence-electron chi connectivity index (χ3n) is 3.47. The van der Waals surface area contributed by atoms with Crippen molar-refractivity contribution in [1.82, 2.24) is 9.97 Å². The molecule has 4 heteroatoms. The molecule has 0 spiro atoms. The van der Waals surface area contributed by atoms with Gasteiger partial charge in [0.2, 0.25) is 0 Å². The van der Waals surface area contributed by atoms with Gasteiger partial charge in [0.15, 0.2) is 0 Å². The first kappa shape index (κ1) is 11.4. The molecular formula is C14H17N3O. The fourth-order valence-electron chi connectivity index (χ4n) is 2.55. The number of hydrogen-bond donors (Lipinski definition) is 1. The first-order valence-electron chi connectivity index (χ1n) is 6.32. The van der Waals surface area contributed by atoms with E-state index in [0.717, 1.165) is 36.1 Å². The van der Waals surface area contributed by atoms with Crippen LogP contribution < -0.4 is 4.90 Å². The number of fused-ring (bicyclic) bond motifs is 1. The zero-order valence-corrected chi connectivity index (χ0v) is 10.5. The lowest BCUT2D eigenvalue weighted by Crippen LogP contribution is -2.46. The molecule has 0 bridgehead atoms. The van der Waals surface area contributed by atoms with Gasteiger partial charge in [-0.3, -0.25) is 4.98 Å². The number of nitrogens with zero attached hydrogens (tertiary/aromatic N) is 3. The Kier molecular flexibility index (Phi) is 2.67. The zero-order chi connectivity index (χ0) is 12.6. The van der Waals surface area contributed by atoms with E-state index in [-0.39, 0.29) is 0 Å². The van der Waals surface area contributed by atoms with E-state index in [2.05, 4.69) is 14.9 Å². The van der Waals surface area contributed by atoms with Gasteiger partial charge < -0.3 is 10.0 Å². The van der Waals surface area contributed by atoms with E-state index in [1.807, 2.05) is 31.3 Å². The molecule has 18 heavy (non-hydrogen) atoms. The van der Waals surface area contributed by atoms with Crippen molar-refractivity contribution in [1.29, 1.82) is 0 Å². The minimum absolute atomic E-state index is 0.604. The molecule has 1 aliphatic rings. The summed E-state index contributed by atoms with van der Waals surface area (Å²) in [6, 6.07) is 5.96. The average molecular weight is 243 g/mol. The van der Waals surface area contributed by atoms with Crippen molar-refractivity contribution in [2.24, 2.45) is 0 Å². The highest BCUT2D eigenvalue weighted by molar-refractivity contribution is 5.79. The molecule has 1 aliphatic heterocycles. The zero-order valence-electron chi connectivity index (χ0n) is 10.5. The van der Waals surface area contributed by atoms with Crippen LogP contribution in [0.4, 0.5) is 5.82 Å². The van der Waals surface area contributed by atoms with Gasteiger partial charge >= 0.3 is 0 Å². The number of rotatable bonds is 1. The van der Waals surface area contributed by atoms with Crippen molar-refractivity contribution in [3.8, 4) is 0 Å². The molecule has 0 radical (unpaired) electrons. The summed E-state index contributed by atoms with van der Waals surface area (Å²) >= 11 is 0. The van der Waals surface area contributed by atoms with Crippen LogP contribution >= 0.6 is 0 Å². The summed E-state index contributed by atoms with van der Waals surface area (Å²) in [6.45, 7) is 3.50. The topological polar surface area (TPSA) is 49.2 Å². The Labute approximate surface area is 106 Å². The van der Waals surface area contributed by atoms with Crippen LogP contribution in [-0.4, -0.2) is 33.8 Å². The Balaban J connectivity index is 1.94. The third-order valence-corrected chi connectivity index (χ3v) is 3.47. The lowest BCUT2D eigenvalue weighted by molar-refractivity contribution is 0.0447. The van der Waals surface area contributed by atoms with Crippen LogP contribution in [0.25, 0.3) is 10.9 Å². The monoisotopic (exact) mass is 243 g/mol. The molecule has 0 amide bonds. The van der Waals surface area contributed by atoms with Crippen molar-refractivity contribution in [3.05, 3.63) is 30.6 Å². The fraction of sp³-hybridized carbons (Fsp3) is 0.429. The number of aromatic nitrogens is 2. The van der Waals surface area contributed by atoms with E-state index in [9.17, 15) is 5.11 Å². The lowest BCUT2D eigenvalue weighted by Gasteiger charge is -2.37. The summed E-state index contributed by atoms with van der Waals surface area (Å²) in [6.07, 6.45) is 5.44. The molecule has 1 saturated heterocycles. The maximum atomic E-state index is 10.1. The van der Waals surface area contributed by atoms with Crippen molar-refractivity contribution < 1.29 is 5.11 Å². The quantitative estimate of drug-likeness (QED) is 0.832. The standard InChI is InChI=1S/C14H17N3O/c1-14(18)6-2-8-17(10-14)13-4-3-11-9-15-7-5-12(11)16-13/h3-5,7,9,18H,2,6,8,10H2,1H3/t14-/m1/s1. The number of β-amino-alcohol motifs (C(OH)–C–C–N with tert-alkyl or cyclic N) is 1. The second kappa shape index (κ2) is 4.21. The number of piperidine rings is 1. The van der Waals surface area contributed by atoms with E-state index in [4.69, 9.17) is 0 Å². The molecule has 0 unspecified atom stereocenters. The van der Waals surface area contributed by atoms with Crippen LogP contribution in [-0.2, 0) is 0 Å². The largest absolute Gasteiger partial charge is 0.388 e. The molecule has 3 heterocycles. The van der Waals surface area contributed by atoms with Crippen LogP contribution in [0.15, 0.2) is 30.6 Å². The van der Waals surface area contributed by atoms with Crippen molar-refractivity contribution in [2.75, 3.05) is 18.0 Å². The van der Waals surface area contributed by atoms with Crippen molar-refractivity contribution >= 4 is 16.7 Å². The number of hydrogen-bond acceptors (Lipinski definition) is 4. The summed E-state index contributed by atoms with van der Waals surface area (Å²) in [5.74, 6) is 0.939. The molecule has 0 saturated carbocycles. The lowest BCUT2D eigenvalue weighted by atomic mass is 9.95. The molecule has 0 aliphatic carbocycles. The van der Waals surface area contributed by atoms with Gasteiger partial charge in [0, 0.05) is 30.9 Å². The smallest absolute Gasteiger partial charge is 0.129 e. The molecule has 2 aromatic heterocycles. The van der Waals surface area contributed by atoms with Gasteiger partial charge in [-0.25, -0.2) is 4.98 Å². The fourth-order valence-corrected chi connectivity index (χ4v) is 2.55. The maximum Gasteiger partial charge on any atom is 0.129 e. The van der Waals surface area contributed by atoms with Crippen molar-refractivity contribution in [3.63, 3.8) is 0 Å². The number of pyridine rings is 2. The number of aliphatic hydroxyl groups is 1. The molecule has 4 nitrogen and oxygen atoms in total. The second-order valence-electron chi connectivity index (χ2n) is 5.26. The van der Waals surface area contributed by atoms with Gasteiger partial charge in [-0.2, -0.15) is 0 Å². The van der Waals surface area contributed by atoms with E-state index in [1.54, 1.807) is 6.20 Å². The molecule has 0 aromatic carbocycles. The predicted molar refractivity (Wildman–Crippen MR) is 71.6 cm³/mol. The molecule has 94 valence electrons. The Hall–Kier alpha value is -1.68. The van der Waals surface area contributed by atoms with E-state index in [0.29, 0.717) is 6.54 Å². The molecule has 2 aromatic rings. The van der Waals surface area contributed by atoms with Gasteiger partial charge in [-0.05, 0) is 38.0 Å². The molecular weight excluding hydrogens is 226 g/mol. The predicted octanol–water partition coefficient (Wildman–Crippen LogP) is 1.98. The highest BCUT2D eigenvalue weighted by Gasteiger charge is 2.28. The van der Waals surface area contributed by atoms with Crippen LogP contribution in [0.3, 0.4) is 0 Å². The van der Waals surface area contributed by atoms with Crippen LogP contribution in [0.2, 0.25) is 0 Å². The highest BCUT2D eigenvalue weighted by atomic mass is 16.3. The van der Waals surface area contributed by atoms with Gasteiger partial charge in [-0.1, -0.05) is 0 Å². The minimum atomic E-state index is -0.604. The SMILES string of the molecule is C[C@@]1(O)CCCN(c2ccc3cnccc3n2)C1. The Morgan fingerprint density at radius 1 is 1.33 bits per heavy atom. The van der Waals surface area contributed by atoms with Crippen LogP contribution in [0.1, 0.15) is 19.8 Å². The summed E-state index contributed by atoms with van der Waals surface area (Å²) in [7, 11) is 0. The second-order valence-corrected chi connectivity index (χ2v) is 5.26. The summed E-state index contributed by atoms with van der Waals surface area (Å²) in [4.78, 5) is 10.9. The van der Waals surface area contributed by atoms with E-state index in [1.165, 1.54) is 0 Å². The van der Waals surface area contributed by atoms with Crippen LogP contribution in [0, 0.1) is 0 Å². The van der Waals surface area contributed by atoms with E-state index < -0.39 is 5.60 Å². The van der Waals surface area contributed by atoms with Crippen LogP contribution in [0.5, 0.6) is 0 Å². The summed E-state index contributed by atoms with van der Waals surface area (Å²) < 4.78 is 0. The Bertz CT molecular complexity index is 568. The normalized spacial score (nSPS) is 24.4. The third kappa shape index (κ3) is 2.16. The van der Waals surface area contributed by atoms with Gasteiger partial charge in [-0.15, -0.1) is 0 Å². The van der Waals surface area contributed by atoms with E-state index >= 15 is 0 Å². The van der Waals surface area contributed by atoms with Gasteiger partial charge in [0.25, 0.3) is 0 Å². The highest BCUT2D eigenvalue weighted by Crippen LogP contribution is 2.25. The summed E-state index contributed by atoms with van der Waals surface area (Å²) in [5.41, 5.74) is 0.348. The molecule has 1 fully saturated rings. The Morgan fingerprint density at radius 3 is 3.06 bits per heavy atom. The van der Waals surface area contributed by atoms with Gasteiger partial charge in [0.1, 0.15) is 5.82 Å². The van der Waals surface area contributed by atoms with Crippen molar-refractivity contribution in [2.45, 2.75) is 25.4 Å². The minimum Gasteiger partial charge on any atom is -0.388 e. The molecule has 1 N–H and O–H groups in total. The van der Waals surface area contributed by atoms with Gasteiger partial charge in [0.05, 0.1) is 11.1 Å². The maximum absolute atomic E-state index is 10.1. The Morgan fingerprint density at radius 2 is 2.22 bits per heavy atom. The summed E-state index contributed by atoms with van der Waals surface area (Å²) in [5, 5.41) is 11.2.